The van der Waals surface area contributed by atoms with E-state index in [0.29, 0.717) is 0 Å². The molecule has 0 spiro atoms. The van der Waals surface area contributed by atoms with Gasteiger partial charge >= 0.3 is 5.97 Å². The fraction of sp³-hybridized carbons (Fsp3) is 0.929. The zero-order chi connectivity index (χ0) is 14.0. The van der Waals surface area contributed by atoms with E-state index in [2.05, 4.69) is 13.8 Å². The van der Waals surface area contributed by atoms with Gasteiger partial charge < -0.3 is 14.6 Å². The Hall–Kier alpha value is -0.610. The number of carbonyl (C=O) groups is 1. The summed E-state index contributed by atoms with van der Waals surface area (Å²) in [5, 5.41) is 9.01. The quantitative estimate of drug-likeness (QED) is 0.456. The van der Waals surface area contributed by atoms with Crippen molar-refractivity contribution >= 4 is 5.97 Å². The Morgan fingerprint density at radius 1 is 1.17 bits per heavy atom. The van der Waals surface area contributed by atoms with Crippen molar-refractivity contribution in [2.45, 2.75) is 64.6 Å². The highest BCUT2D eigenvalue weighted by Crippen LogP contribution is 2.33. The molecule has 0 heterocycles. The zero-order valence-corrected chi connectivity index (χ0v) is 12.2. The van der Waals surface area contributed by atoms with Gasteiger partial charge in [0, 0.05) is 20.1 Å². The molecule has 1 unspecified atom stereocenters. The molecule has 1 atom stereocenters. The molecule has 4 heteroatoms. The van der Waals surface area contributed by atoms with Crippen LogP contribution in [0.2, 0.25) is 0 Å². The molecule has 0 radical (unpaired) electrons. The van der Waals surface area contributed by atoms with E-state index in [1.807, 2.05) is 0 Å². The Bertz CT molecular complexity index is 224. The van der Waals surface area contributed by atoms with E-state index < -0.39 is 11.8 Å². The molecule has 18 heavy (non-hydrogen) atoms. The minimum atomic E-state index is -0.979. The maximum atomic E-state index is 11.0. The number of rotatable bonds is 11. The summed E-state index contributed by atoms with van der Waals surface area (Å²) in [5.41, 5.74) is 0. The lowest BCUT2D eigenvalue weighted by molar-refractivity contribution is -0.246. The van der Waals surface area contributed by atoms with E-state index in [-0.39, 0.29) is 12.3 Å². The lowest BCUT2D eigenvalue weighted by atomic mass is 9.87. The second-order valence-corrected chi connectivity index (χ2v) is 4.75. The standard InChI is InChI=1S/C14H28O4/c1-5-7-8-9-10-12(6-2)14(17-3,18-4)11-13(15)16/h12H,5-11H2,1-4H3,(H,15,16). The summed E-state index contributed by atoms with van der Waals surface area (Å²) in [5.74, 6) is -1.74. The van der Waals surface area contributed by atoms with Crippen LogP contribution in [-0.4, -0.2) is 31.1 Å². The third kappa shape index (κ3) is 5.36. The minimum Gasteiger partial charge on any atom is -0.481 e. The van der Waals surface area contributed by atoms with Crippen molar-refractivity contribution in [2.75, 3.05) is 14.2 Å². The van der Waals surface area contributed by atoms with Gasteiger partial charge in [0.1, 0.15) is 0 Å². The molecule has 0 saturated carbocycles. The first-order valence-electron chi connectivity index (χ1n) is 6.88. The summed E-state index contributed by atoms with van der Waals surface area (Å²) in [6, 6.07) is 0. The van der Waals surface area contributed by atoms with Gasteiger partial charge in [-0.1, -0.05) is 39.5 Å². The highest BCUT2D eigenvalue weighted by atomic mass is 16.7. The van der Waals surface area contributed by atoms with Crippen LogP contribution in [-0.2, 0) is 14.3 Å². The fourth-order valence-electron chi connectivity index (χ4n) is 2.47. The van der Waals surface area contributed by atoms with Gasteiger partial charge in [0.05, 0.1) is 6.42 Å². The fourth-order valence-corrected chi connectivity index (χ4v) is 2.47. The molecule has 0 aliphatic rings. The van der Waals surface area contributed by atoms with Crippen LogP contribution in [0.5, 0.6) is 0 Å². The highest BCUT2D eigenvalue weighted by molar-refractivity contribution is 5.67. The summed E-state index contributed by atoms with van der Waals surface area (Å²) in [7, 11) is 3.06. The average molecular weight is 260 g/mol. The third-order valence-electron chi connectivity index (χ3n) is 3.61. The number of unbranched alkanes of at least 4 members (excludes halogenated alkanes) is 3. The van der Waals surface area contributed by atoms with E-state index in [9.17, 15) is 4.79 Å². The van der Waals surface area contributed by atoms with Crippen LogP contribution in [0.15, 0.2) is 0 Å². The van der Waals surface area contributed by atoms with Gasteiger partial charge in [0.2, 0.25) is 0 Å². The lowest BCUT2D eigenvalue weighted by Crippen LogP contribution is -2.44. The van der Waals surface area contributed by atoms with E-state index in [1.54, 1.807) is 0 Å². The topological polar surface area (TPSA) is 55.8 Å². The molecule has 0 aliphatic carbocycles. The van der Waals surface area contributed by atoms with Crippen LogP contribution >= 0.6 is 0 Å². The molecule has 0 fully saturated rings. The van der Waals surface area contributed by atoms with Crippen LogP contribution in [0, 0.1) is 5.92 Å². The lowest BCUT2D eigenvalue weighted by Gasteiger charge is -2.37. The largest absolute Gasteiger partial charge is 0.481 e. The number of carboxylic acids is 1. The van der Waals surface area contributed by atoms with Crippen molar-refractivity contribution in [3.8, 4) is 0 Å². The molecule has 1 N–H and O–H groups in total. The van der Waals surface area contributed by atoms with Crippen LogP contribution < -0.4 is 0 Å². The van der Waals surface area contributed by atoms with E-state index in [0.717, 1.165) is 19.3 Å². The Morgan fingerprint density at radius 3 is 2.17 bits per heavy atom. The van der Waals surface area contributed by atoms with Gasteiger partial charge in [-0.15, -0.1) is 0 Å². The first kappa shape index (κ1) is 17.4. The average Bonchev–Trinajstić information content (AvgIpc) is 2.36. The molecular weight excluding hydrogens is 232 g/mol. The van der Waals surface area contributed by atoms with Crippen molar-refractivity contribution in [3.63, 3.8) is 0 Å². The molecule has 0 saturated heterocycles. The first-order valence-corrected chi connectivity index (χ1v) is 6.88. The maximum absolute atomic E-state index is 11.0. The van der Waals surface area contributed by atoms with Crippen molar-refractivity contribution < 1.29 is 19.4 Å². The van der Waals surface area contributed by atoms with Crippen molar-refractivity contribution in [3.05, 3.63) is 0 Å². The smallest absolute Gasteiger partial charge is 0.308 e. The molecule has 0 aliphatic heterocycles. The number of carboxylic acid groups (broad SMARTS) is 1. The maximum Gasteiger partial charge on any atom is 0.308 e. The van der Waals surface area contributed by atoms with Crippen LogP contribution in [0.1, 0.15) is 58.8 Å². The van der Waals surface area contributed by atoms with Gasteiger partial charge in [-0.25, -0.2) is 0 Å². The number of aliphatic carboxylic acids is 1. The Balaban J connectivity index is 4.55. The zero-order valence-electron chi connectivity index (χ0n) is 12.2. The van der Waals surface area contributed by atoms with Crippen molar-refractivity contribution in [2.24, 2.45) is 5.92 Å². The van der Waals surface area contributed by atoms with Gasteiger partial charge in [0.25, 0.3) is 0 Å². The van der Waals surface area contributed by atoms with E-state index in [4.69, 9.17) is 14.6 Å². The number of methoxy groups -OCH3 is 2. The molecule has 0 rings (SSSR count). The van der Waals surface area contributed by atoms with Gasteiger partial charge in [-0.3, -0.25) is 4.79 Å². The molecule has 108 valence electrons. The van der Waals surface area contributed by atoms with Crippen LogP contribution in [0.25, 0.3) is 0 Å². The van der Waals surface area contributed by atoms with E-state index in [1.165, 1.54) is 33.5 Å². The predicted molar refractivity (Wildman–Crippen MR) is 71.5 cm³/mol. The predicted octanol–water partition coefficient (Wildman–Crippen LogP) is 3.45. The van der Waals surface area contributed by atoms with Crippen molar-refractivity contribution in [1.29, 1.82) is 0 Å². The summed E-state index contributed by atoms with van der Waals surface area (Å²) in [6.45, 7) is 4.23. The Morgan fingerprint density at radius 2 is 1.78 bits per heavy atom. The summed E-state index contributed by atoms with van der Waals surface area (Å²) in [4.78, 5) is 11.0. The highest BCUT2D eigenvalue weighted by Gasteiger charge is 2.40. The van der Waals surface area contributed by atoms with Crippen LogP contribution in [0.3, 0.4) is 0 Å². The van der Waals surface area contributed by atoms with Crippen LogP contribution in [0.4, 0.5) is 0 Å². The van der Waals surface area contributed by atoms with Gasteiger partial charge in [-0.05, 0) is 12.8 Å². The van der Waals surface area contributed by atoms with Crippen molar-refractivity contribution in [1.82, 2.24) is 0 Å². The molecule has 0 bridgehead atoms. The molecule has 0 amide bonds. The Labute approximate surface area is 111 Å². The molecule has 0 aromatic carbocycles. The third-order valence-corrected chi connectivity index (χ3v) is 3.61. The number of hydrogen-bond donors (Lipinski definition) is 1. The second kappa shape index (κ2) is 9.34. The minimum absolute atomic E-state index is 0.105. The second-order valence-electron chi connectivity index (χ2n) is 4.75. The summed E-state index contributed by atoms with van der Waals surface area (Å²) < 4.78 is 10.8. The van der Waals surface area contributed by atoms with Gasteiger partial charge in [0.15, 0.2) is 5.79 Å². The Kier molecular flexibility index (Phi) is 9.02. The molecular formula is C14H28O4. The van der Waals surface area contributed by atoms with Gasteiger partial charge in [-0.2, -0.15) is 0 Å². The molecule has 0 aromatic rings. The summed E-state index contributed by atoms with van der Waals surface area (Å²) >= 11 is 0. The molecule has 4 nitrogen and oxygen atoms in total. The number of hydrogen-bond acceptors (Lipinski definition) is 3. The number of ether oxygens (including phenoxy) is 2. The SMILES string of the molecule is CCCCCCC(CC)C(CC(=O)O)(OC)OC. The molecule has 0 aromatic heterocycles. The summed E-state index contributed by atoms with van der Waals surface area (Å²) in [6.07, 6.45) is 6.41. The monoisotopic (exact) mass is 260 g/mol. The van der Waals surface area contributed by atoms with E-state index >= 15 is 0 Å². The normalized spacial score (nSPS) is 13.6. The first-order chi connectivity index (χ1) is 8.56.